The van der Waals surface area contributed by atoms with Crippen molar-refractivity contribution in [1.29, 1.82) is 0 Å². The second-order valence-electron chi connectivity index (χ2n) is 3.82. The van der Waals surface area contributed by atoms with E-state index in [1.54, 1.807) is 13.8 Å². The second-order valence-corrected chi connectivity index (χ2v) is 5.93. The van der Waals surface area contributed by atoms with Crippen molar-refractivity contribution in [1.82, 2.24) is 5.32 Å². The molecule has 0 aliphatic carbocycles. The van der Waals surface area contributed by atoms with Crippen LogP contribution in [0, 0.1) is 0 Å². The molecule has 0 spiro atoms. The number of carbonyl (C=O) groups excluding carboxylic acids is 2. The van der Waals surface area contributed by atoms with Gasteiger partial charge in [-0.3, -0.25) is 14.2 Å². The third-order valence-electron chi connectivity index (χ3n) is 2.29. The van der Waals surface area contributed by atoms with Crippen LogP contribution >= 0.6 is 7.60 Å². The Bertz CT molecular complexity index is 488. The molecule has 0 unspecified atom stereocenters. The van der Waals surface area contributed by atoms with Crippen molar-refractivity contribution in [2.45, 2.75) is 26.6 Å². The number of Topliss-reactive ketones (excluding diaryl/α,β-unsaturated/α-hetero) is 1. The topological polar surface area (TPSA) is 94.8 Å². The number of amides is 1. The van der Waals surface area contributed by atoms with E-state index in [0.717, 1.165) is 0 Å². The van der Waals surface area contributed by atoms with E-state index in [-0.39, 0.29) is 19.0 Å². The maximum absolute atomic E-state index is 12.7. The first-order valence-corrected chi connectivity index (χ1v) is 7.79. The van der Waals surface area contributed by atoms with Gasteiger partial charge < -0.3 is 18.8 Å². The highest BCUT2D eigenvalue weighted by molar-refractivity contribution is 7.55. The zero-order valence-electron chi connectivity index (χ0n) is 11.6. The number of ketones is 1. The summed E-state index contributed by atoms with van der Waals surface area (Å²) in [7, 11) is -3.82. The lowest BCUT2D eigenvalue weighted by Gasteiger charge is -2.24. The highest BCUT2D eigenvalue weighted by Gasteiger charge is 2.43. The third-order valence-corrected chi connectivity index (χ3v) is 4.52. The SMILES string of the molecule is CCOP(=O)(OCC)[C@H](NC(C)=O)C(=O)c1ccco1. The third kappa shape index (κ3) is 4.03. The summed E-state index contributed by atoms with van der Waals surface area (Å²) in [4.78, 5) is 23.6. The van der Waals surface area contributed by atoms with E-state index in [0.29, 0.717) is 0 Å². The first kappa shape index (κ1) is 16.6. The van der Waals surface area contributed by atoms with Crippen molar-refractivity contribution >= 4 is 19.3 Å². The van der Waals surface area contributed by atoms with Gasteiger partial charge in [0, 0.05) is 6.92 Å². The molecule has 1 rings (SSSR count). The summed E-state index contributed by atoms with van der Waals surface area (Å²) >= 11 is 0. The monoisotopic (exact) mass is 303 g/mol. The molecular formula is C12H18NO6P. The lowest BCUT2D eigenvalue weighted by molar-refractivity contribution is -0.119. The normalized spacial score (nSPS) is 12.9. The molecule has 1 amide bonds. The first-order chi connectivity index (χ1) is 9.44. The maximum atomic E-state index is 12.7. The van der Waals surface area contributed by atoms with Crippen LogP contribution in [0.3, 0.4) is 0 Å². The van der Waals surface area contributed by atoms with E-state index in [4.69, 9.17) is 13.5 Å². The molecule has 0 bridgehead atoms. The number of rotatable bonds is 8. The minimum atomic E-state index is -3.82. The Hall–Kier alpha value is -1.43. The fourth-order valence-electron chi connectivity index (χ4n) is 1.58. The molecule has 8 heteroatoms. The van der Waals surface area contributed by atoms with Gasteiger partial charge in [0.25, 0.3) is 0 Å². The Balaban J connectivity index is 3.12. The number of hydrogen-bond acceptors (Lipinski definition) is 6. The molecule has 1 aromatic heterocycles. The van der Waals surface area contributed by atoms with Crippen LogP contribution in [0.25, 0.3) is 0 Å². The molecule has 0 saturated heterocycles. The van der Waals surface area contributed by atoms with Gasteiger partial charge in [-0.05, 0) is 26.0 Å². The van der Waals surface area contributed by atoms with Crippen molar-refractivity contribution in [3.05, 3.63) is 24.2 Å². The summed E-state index contributed by atoms with van der Waals surface area (Å²) in [6.07, 6.45) is 1.31. The van der Waals surface area contributed by atoms with E-state index in [1.807, 2.05) is 0 Å². The average molecular weight is 303 g/mol. The molecule has 1 atom stereocenters. The summed E-state index contributed by atoms with van der Waals surface area (Å²) in [6, 6.07) is 2.93. The quantitative estimate of drug-likeness (QED) is 0.584. The molecule has 1 N–H and O–H groups in total. The van der Waals surface area contributed by atoms with Crippen molar-refractivity contribution in [2.24, 2.45) is 0 Å². The number of nitrogens with one attached hydrogen (secondary N) is 1. The van der Waals surface area contributed by atoms with Gasteiger partial charge in [-0.15, -0.1) is 0 Å². The van der Waals surface area contributed by atoms with Crippen LogP contribution in [-0.4, -0.2) is 30.7 Å². The van der Waals surface area contributed by atoms with E-state index in [1.165, 1.54) is 25.3 Å². The Morgan fingerprint density at radius 2 is 1.95 bits per heavy atom. The van der Waals surface area contributed by atoms with Crippen molar-refractivity contribution in [2.75, 3.05) is 13.2 Å². The van der Waals surface area contributed by atoms with Crippen LogP contribution in [0.4, 0.5) is 0 Å². The van der Waals surface area contributed by atoms with E-state index < -0.39 is 25.1 Å². The molecular weight excluding hydrogens is 285 g/mol. The molecule has 0 saturated carbocycles. The summed E-state index contributed by atoms with van der Waals surface area (Å²) in [6.45, 7) is 4.62. The summed E-state index contributed by atoms with van der Waals surface area (Å²) in [5.74, 6) is -2.63. The summed E-state index contributed by atoms with van der Waals surface area (Å²) in [5.41, 5.74) is 0. The fraction of sp³-hybridized carbons (Fsp3) is 0.500. The largest absolute Gasteiger partial charge is 0.461 e. The highest BCUT2D eigenvalue weighted by Crippen LogP contribution is 2.52. The minimum Gasteiger partial charge on any atom is -0.461 e. The molecule has 7 nitrogen and oxygen atoms in total. The summed E-state index contributed by atoms with van der Waals surface area (Å²) < 4.78 is 27.9. The van der Waals surface area contributed by atoms with Gasteiger partial charge in [0.2, 0.25) is 11.7 Å². The van der Waals surface area contributed by atoms with Crippen LogP contribution in [0.15, 0.2) is 22.8 Å². The van der Waals surface area contributed by atoms with E-state index >= 15 is 0 Å². The number of carbonyl (C=O) groups is 2. The Morgan fingerprint density at radius 1 is 1.35 bits per heavy atom. The predicted octanol–water partition coefficient (Wildman–Crippen LogP) is 2.19. The molecule has 0 radical (unpaired) electrons. The van der Waals surface area contributed by atoms with Crippen LogP contribution < -0.4 is 5.32 Å². The van der Waals surface area contributed by atoms with Crippen LogP contribution in [-0.2, 0) is 18.4 Å². The molecule has 0 aromatic carbocycles. The molecule has 1 aromatic rings. The smallest absolute Gasteiger partial charge is 0.360 e. The Kier molecular flexibility index (Phi) is 6.13. The first-order valence-electron chi connectivity index (χ1n) is 6.18. The lowest BCUT2D eigenvalue weighted by Crippen LogP contribution is -2.40. The van der Waals surface area contributed by atoms with Crippen molar-refractivity contribution in [3.63, 3.8) is 0 Å². The highest BCUT2D eigenvalue weighted by atomic mass is 31.2. The molecule has 112 valence electrons. The van der Waals surface area contributed by atoms with Crippen LogP contribution in [0.2, 0.25) is 0 Å². The molecule has 0 aliphatic rings. The summed E-state index contributed by atoms with van der Waals surface area (Å²) in [5, 5.41) is 2.32. The molecule has 1 heterocycles. The molecule has 20 heavy (non-hydrogen) atoms. The van der Waals surface area contributed by atoms with Crippen molar-refractivity contribution < 1.29 is 27.6 Å². The minimum absolute atomic E-state index is 0.0246. The number of furan rings is 1. The molecule has 0 fully saturated rings. The predicted molar refractivity (Wildman–Crippen MR) is 71.5 cm³/mol. The van der Waals surface area contributed by atoms with E-state index in [9.17, 15) is 14.2 Å². The Labute approximate surface area is 117 Å². The lowest BCUT2D eigenvalue weighted by atomic mass is 10.3. The maximum Gasteiger partial charge on any atom is 0.360 e. The second kappa shape index (κ2) is 7.38. The van der Waals surface area contributed by atoms with Gasteiger partial charge >= 0.3 is 7.60 Å². The average Bonchev–Trinajstić information content (AvgIpc) is 2.89. The number of hydrogen-bond donors (Lipinski definition) is 1. The van der Waals surface area contributed by atoms with Gasteiger partial charge in [0.15, 0.2) is 11.5 Å². The van der Waals surface area contributed by atoms with E-state index in [2.05, 4.69) is 5.32 Å². The molecule has 0 aliphatic heterocycles. The van der Waals surface area contributed by atoms with Gasteiger partial charge in [0.1, 0.15) is 0 Å². The van der Waals surface area contributed by atoms with Gasteiger partial charge in [-0.1, -0.05) is 0 Å². The zero-order valence-corrected chi connectivity index (χ0v) is 12.5. The van der Waals surface area contributed by atoms with Crippen molar-refractivity contribution in [3.8, 4) is 0 Å². The van der Waals surface area contributed by atoms with Gasteiger partial charge in [0.05, 0.1) is 19.5 Å². The fourth-order valence-corrected chi connectivity index (χ4v) is 3.43. The Morgan fingerprint density at radius 3 is 2.35 bits per heavy atom. The van der Waals surface area contributed by atoms with Gasteiger partial charge in [-0.2, -0.15) is 0 Å². The van der Waals surface area contributed by atoms with Gasteiger partial charge in [-0.25, -0.2) is 0 Å². The standard InChI is InChI=1S/C12H18NO6P/c1-4-18-20(16,19-5-2)12(13-9(3)14)11(15)10-7-6-8-17-10/h6-8,12H,4-5H2,1-3H3,(H,13,14)/t12-/m0/s1. The van der Waals surface area contributed by atoms with Crippen LogP contribution in [0.5, 0.6) is 0 Å². The zero-order chi connectivity index (χ0) is 15.2. The van der Waals surface area contributed by atoms with Crippen LogP contribution in [0.1, 0.15) is 31.3 Å².